The number of allylic oxidation sites excluding steroid dienone is 3. The fourth-order valence-corrected chi connectivity index (χ4v) is 2.32. The van der Waals surface area contributed by atoms with Gasteiger partial charge in [-0.05, 0) is 34.9 Å². The van der Waals surface area contributed by atoms with E-state index in [4.69, 9.17) is 5.84 Å². The monoisotopic (exact) mass is 335 g/mol. The number of aliphatic carboxylic acids is 1. The van der Waals surface area contributed by atoms with Crippen LogP contribution in [0.15, 0.2) is 71.7 Å². The van der Waals surface area contributed by atoms with Gasteiger partial charge in [0.15, 0.2) is 0 Å². The summed E-state index contributed by atoms with van der Waals surface area (Å²) in [4.78, 5) is 26.8. The van der Waals surface area contributed by atoms with Crippen LogP contribution in [0.4, 0.5) is 5.69 Å². The summed E-state index contributed by atoms with van der Waals surface area (Å²) in [7, 11) is 0. The molecule has 0 saturated carbocycles. The largest absolute Gasteiger partial charge is 0.478 e. The minimum Gasteiger partial charge on any atom is -0.478 e. The van der Waals surface area contributed by atoms with Gasteiger partial charge in [-0.25, -0.2) is 15.6 Å². The number of nitrogens with zero attached hydrogens (tertiary/aromatic N) is 1. The van der Waals surface area contributed by atoms with Crippen molar-refractivity contribution in [2.24, 2.45) is 10.8 Å². The smallest absolute Gasteiger partial charge is 0.336 e. The van der Waals surface area contributed by atoms with Crippen LogP contribution in [0, 0.1) is 0 Å². The van der Waals surface area contributed by atoms with Crippen molar-refractivity contribution in [3.05, 3.63) is 77.9 Å². The minimum atomic E-state index is -1.09. The number of aliphatic imine (C=N–C) groups is 1. The lowest BCUT2D eigenvalue weighted by molar-refractivity contribution is -0.130. The molecule has 2 aromatic carbocycles. The summed E-state index contributed by atoms with van der Waals surface area (Å²) < 4.78 is 0. The highest BCUT2D eigenvalue weighted by atomic mass is 16.4. The van der Waals surface area contributed by atoms with E-state index in [9.17, 15) is 14.7 Å². The van der Waals surface area contributed by atoms with Crippen LogP contribution in [0.1, 0.15) is 11.1 Å². The third-order valence-corrected chi connectivity index (χ3v) is 3.33. The van der Waals surface area contributed by atoms with E-state index in [2.05, 4.69) is 10.4 Å². The second-order valence-corrected chi connectivity index (χ2v) is 4.93. The zero-order chi connectivity index (χ0) is 18.1. The fraction of sp³-hybridized carbons (Fsp3) is 0. The highest BCUT2D eigenvalue weighted by molar-refractivity contribution is 6.25. The molecule has 4 N–H and O–H groups in total. The quantitative estimate of drug-likeness (QED) is 0.105. The Morgan fingerprint density at radius 1 is 1.08 bits per heavy atom. The van der Waals surface area contributed by atoms with Crippen molar-refractivity contribution in [3.8, 4) is 0 Å². The highest BCUT2D eigenvalue weighted by Crippen LogP contribution is 2.30. The van der Waals surface area contributed by atoms with Crippen LogP contribution < -0.4 is 11.3 Å². The van der Waals surface area contributed by atoms with Crippen molar-refractivity contribution in [1.82, 2.24) is 5.43 Å². The number of rotatable bonds is 7. The topological polar surface area (TPSA) is 105 Å². The van der Waals surface area contributed by atoms with Crippen LogP contribution in [0.25, 0.3) is 11.1 Å². The molecule has 25 heavy (non-hydrogen) atoms. The van der Waals surface area contributed by atoms with Gasteiger partial charge in [-0.3, -0.25) is 4.79 Å². The molecule has 2 rings (SSSR count). The van der Waals surface area contributed by atoms with Crippen molar-refractivity contribution < 1.29 is 14.7 Å². The van der Waals surface area contributed by atoms with E-state index >= 15 is 0 Å². The zero-order valence-corrected chi connectivity index (χ0v) is 13.3. The number of nitrogens with one attached hydrogen (secondary N) is 1. The van der Waals surface area contributed by atoms with Gasteiger partial charge in [-0.15, -0.1) is 0 Å². The molecule has 126 valence electrons. The Hall–Kier alpha value is -3.51. The van der Waals surface area contributed by atoms with Crippen molar-refractivity contribution in [2.45, 2.75) is 0 Å². The van der Waals surface area contributed by atoms with Gasteiger partial charge in [-0.1, -0.05) is 48.5 Å². The number of carbonyl (C=O) groups excluding carboxylic acids is 1. The molecule has 0 fully saturated rings. The fourth-order valence-electron chi connectivity index (χ4n) is 2.32. The molecule has 6 heteroatoms. The first-order chi connectivity index (χ1) is 12.2. The van der Waals surface area contributed by atoms with Crippen molar-refractivity contribution >= 4 is 35.4 Å². The number of carboxylic acid groups (broad SMARTS) is 1. The summed E-state index contributed by atoms with van der Waals surface area (Å²) in [6.45, 7) is 0. The number of carbonyl (C=O) groups is 2. The summed E-state index contributed by atoms with van der Waals surface area (Å²) in [6.07, 6.45) is 4.66. The van der Waals surface area contributed by atoms with E-state index in [0.717, 1.165) is 0 Å². The third-order valence-electron chi connectivity index (χ3n) is 3.33. The van der Waals surface area contributed by atoms with Gasteiger partial charge in [0.05, 0.1) is 11.3 Å². The Morgan fingerprint density at radius 2 is 1.80 bits per heavy atom. The van der Waals surface area contributed by atoms with Gasteiger partial charge >= 0.3 is 5.97 Å². The molecule has 0 aliphatic rings. The molecule has 6 nitrogen and oxygen atoms in total. The molecule has 2 aromatic rings. The molecule has 0 atom stereocenters. The molecule has 0 aliphatic heterocycles. The van der Waals surface area contributed by atoms with Gasteiger partial charge < -0.3 is 10.5 Å². The minimum absolute atomic E-state index is 0.0942. The van der Waals surface area contributed by atoms with E-state index in [-0.39, 0.29) is 5.57 Å². The summed E-state index contributed by atoms with van der Waals surface area (Å²) in [6, 6.07) is 15.7. The maximum Gasteiger partial charge on any atom is 0.336 e. The molecule has 0 spiro atoms. The van der Waals surface area contributed by atoms with E-state index in [0.29, 0.717) is 28.7 Å². The Labute approximate surface area is 145 Å². The van der Waals surface area contributed by atoms with Gasteiger partial charge in [0.25, 0.3) is 0 Å². The second-order valence-electron chi connectivity index (χ2n) is 4.93. The molecular formula is C19H17N3O3. The Morgan fingerprint density at radius 3 is 2.44 bits per heavy atom. The van der Waals surface area contributed by atoms with E-state index in [1.807, 2.05) is 0 Å². The lowest BCUT2D eigenvalue weighted by Crippen LogP contribution is -2.18. The maximum absolute atomic E-state index is 11.9. The van der Waals surface area contributed by atoms with Crippen LogP contribution in [0.2, 0.25) is 0 Å². The number of hydrogen-bond donors (Lipinski definition) is 3. The molecule has 0 bridgehead atoms. The molecule has 0 amide bonds. The van der Waals surface area contributed by atoms with Crippen molar-refractivity contribution in [1.29, 1.82) is 0 Å². The summed E-state index contributed by atoms with van der Waals surface area (Å²) >= 11 is 0. The molecule has 0 aromatic heterocycles. The summed E-state index contributed by atoms with van der Waals surface area (Å²) in [5.41, 5.74) is 4.55. The standard InChI is InChI=1S/C19H17N3O3/c20-22-13-21-16-9-4-8-15(12-16)17(10-5-11-23)18(19(24)25)14-6-2-1-3-7-14/h1-13H,20H2,(H,21,22)(H,24,25). The maximum atomic E-state index is 11.9. The van der Waals surface area contributed by atoms with E-state index in [1.54, 1.807) is 54.6 Å². The van der Waals surface area contributed by atoms with Crippen LogP contribution in [-0.2, 0) is 9.59 Å². The van der Waals surface area contributed by atoms with Crippen LogP contribution in [0.3, 0.4) is 0 Å². The Bertz CT molecular complexity index is 840. The van der Waals surface area contributed by atoms with Gasteiger partial charge in [0, 0.05) is 0 Å². The molecule has 0 heterocycles. The van der Waals surface area contributed by atoms with Crippen LogP contribution >= 0.6 is 0 Å². The van der Waals surface area contributed by atoms with Crippen LogP contribution in [0.5, 0.6) is 0 Å². The number of nitrogens with two attached hydrogens (primary N) is 1. The summed E-state index contributed by atoms with van der Waals surface area (Å²) in [5.74, 6) is 4.08. The number of hydrazine groups is 1. The predicted octanol–water partition coefficient (Wildman–Crippen LogP) is 2.56. The molecule has 0 radical (unpaired) electrons. The predicted molar refractivity (Wildman–Crippen MR) is 98.0 cm³/mol. The number of carboxylic acids is 1. The average molecular weight is 335 g/mol. The van der Waals surface area contributed by atoms with Gasteiger partial charge in [0.1, 0.15) is 12.6 Å². The lowest BCUT2D eigenvalue weighted by Gasteiger charge is -2.11. The van der Waals surface area contributed by atoms with E-state index in [1.165, 1.54) is 18.5 Å². The number of benzene rings is 2. The second kappa shape index (κ2) is 8.95. The lowest BCUT2D eigenvalue weighted by atomic mass is 9.94. The van der Waals surface area contributed by atoms with E-state index < -0.39 is 5.97 Å². The SMILES string of the molecule is NNC=Nc1cccc(C(C=CC=O)=C(C(=O)O)c2ccccc2)c1. The first-order valence-electron chi connectivity index (χ1n) is 7.41. The van der Waals surface area contributed by atoms with Gasteiger partial charge in [-0.2, -0.15) is 0 Å². The van der Waals surface area contributed by atoms with Crippen molar-refractivity contribution in [3.63, 3.8) is 0 Å². The molecule has 0 unspecified atom stereocenters. The highest BCUT2D eigenvalue weighted by Gasteiger charge is 2.16. The average Bonchev–Trinajstić information content (AvgIpc) is 2.64. The zero-order valence-electron chi connectivity index (χ0n) is 13.3. The Kier molecular flexibility index (Phi) is 6.39. The first kappa shape index (κ1) is 17.8. The molecule has 0 saturated heterocycles. The normalized spacial score (nSPS) is 12.2. The molecule has 0 aliphatic carbocycles. The number of hydrogen-bond acceptors (Lipinski definition) is 4. The summed E-state index contributed by atoms with van der Waals surface area (Å²) in [5, 5.41) is 9.73. The number of aldehydes is 1. The third kappa shape index (κ3) is 4.73. The first-order valence-corrected chi connectivity index (χ1v) is 7.41. The Balaban J connectivity index is 2.69. The van der Waals surface area contributed by atoms with Gasteiger partial charge in [0.2, 0.25) is 0 Å². The van der Waals surface area contributed by atoms with Crippen molar-refractivity contribution in [2.75, 3.05) is 0 Å². The molecular weight excluding hydrogens is 318 g/mol. The van der Waals surface area contributed by atoms with Crippen LogP contribution in [-0.4, -0.2) is 23.7 Å².